The van der Waals surface area contributed by atoms with E-state index >= 15 is 0 Å². The van der Waals surface area contributed by atoms with Crippen molar-refractivity contribution < 1.29 is 9.53 Å². The van der Waals surface area contributed by atoms with Crippen molar-refractivity contribution in [2.45, 2.75) is 66.2 Å². The highest BCUT2D eigenvalue weighted by Crippen LogP contribution is 2.33. The number of hydrogen-bond donors (Lipinski definition) is 1. The number of amides is 1. The molecule has 0 aliphatic carbocycles. The highest BCUT2D eigenvalue weighted by Gasteiger charge is 2.32. The quantitative estimate of drug-likeness (QED) is 0.736. The van der Waals surface area contributed by atoms with Crippen molar-refractivity contribution in [3.8, 4) is 6.01 Å². The normalized spacial score (nSPS) is 13.7. The van der Waals surface area contributed by atoms with Crippen LogP contribution in [0, 0.1) is 0 Å². The van der Waals surface area contributed by atoms with Gasteiger partial charge in [-0.25, -0.2) is 0 Å². The molecule has 2 N–H and O–H groups in total. The number of nitrogen functional groups attached to an aromatic ring is 1. The van der Waals surface area contributed by atoms with Crippen LogP contribution in [-0.4, -0.2) is 39.5 Å². The first kappa shape index (κ1) is 21.0. The molecule has 0 radical (unpaired) electrons. The average Bonchev–Trinajstić information content (AvgIpc) is 2.97. The molecule has 7 heteroatoms. The Kier molecular flexibility index (Phi) is 6.37. The van der Waals surface area contributed by atoms with Crippen molar-refractivity contribution in [2.75, 3.05) is 17.2 Å². The highest BCUT2D eigenvalue weighted by molar-refractivity contribution is 6.01. The van der Waals surface area contributed by atoms with Crippen LogP contribution in [0.5, 0.6) is 6.01 Å². The highest BCUT2D eigenvalue weighted by atomic mass is 16.5. The third-order valence-corrected chi connectivity index (χ3v) is 5.21. The zero-order chi connectivity index (χ0) is 21.1. The minimum atomic E-state index is -0.0236. The molecule has 3 rings (SSSR count). The van der Waals surface area contributed by atoms with Gasteiger partial charge >= 0.3 is 6.01 Å². The number of hydrogen-bond acceptors (Lipinski definition) is 6. The molecule has 7 nitrogen and oxygen atoms in total. The fourth-order valence-corrected chi connectivity index (χ4v) is 3.69. The largest absolute Gasteiger partial charge is 0.464 e. The number of nitrogens with zero attached hydrogens (tertiary/aromatic N) is 4. The topological polar surface area (TPSA) is 84.6 Å². The van der Waals surface area contributed by atoms with Crippen LogP contribution in [0.1, 0.15) is 51.3 Å². The molecule has 1 aliphatic heterocycles. The van der Waals surface area contributed by atoms with E-state index in [4.69, 9.17) is 10.5 Å². The van der Waals surface area contributed by atoms with Gasteiger partial charge in [0.05, 0.1) is 19.6 Å². The smallest absolute Gasteiger partial charge is 0.320 e. The minimum Gasteiger partial charge on any atom is -0.464 e. The monoisotopic (exact) mass is 397 g/mol. The average molecular weight is 398 g/mol. The Morgan fingerprint density at radius 2 is 1.72 bits per heavy atom. The van der Waals surface area contributed by atoms with E-state index in [9.17, 15) is 4.79 Å². The fraction of sp³-hybridized carbons (Fsp3) is 0.500. The number of carbonyl (C=O) groups excluding carboxylic acids is 1. The maximum Gasteiger partial charge on any atom is 0.320 e. The fourth-order valence-electron chi connectivity index (χ4n) is 3.69. The van der Waals surface area contributed by atoms with Crippen LogP contribution in [-0.2, 0) is 24.3 Å². The van der Waals surface area contributed by atoms with Crippen LogP contribution < -0.4 is 15.4 Å². The van der Waals surface area contributed by atoms with Gasteiger partial charge in [0.25, 0.3) is 0 Å². The maximum absolute atomic E-state index is 12.6. The van der Waals surface area contributed by atoms with Gasteiger partial charge in [-0.05, 0) is 45.7 Å². The lowest BCUT2D eigenvalue weighted by Crippen LogP contribution is -2.36. The second-order valence-corrected chi connectivity index (χ2v) is 7.96. The van der Waals surface area contributed by atoms with Crippen molar-refractivity contribution in [1.82, 2.24) is 14.9 Å². The van der Waals surface area contributed by atoms with Gasteiger partial charge in [-0.1, -0.05) is 24.3 Å². The molecular formula is C22H31N5O2. The summed E-state index contributed by atoms with van der Waals surface area (Å²) in [5.41, 5.74) is 9.01. The van der Waals surface area contributed by atoms with Gasteiger partial charge in [0.15, 0.2) is 0 Å². The predicted octanol–water partition coefficient (Wildman–Crippen LogP) is 3.17. The van der Waals surface area contributed by atoms with Crippen molar-refractivity contribution in [3.05, 3.63) is 41.0 Å². The van der Waals surface area contributed by atoms with E-state index in [0.29, 0.717) is 42.4 Å². The van der Waals surface area contributed by atoms with Crippen LogP contribution in [0.15, 0.2) is 24.3 Å². The third-order valence-electron chi connectivity index (χ3n) is 5.21. The van der Waals surface area contributed by atoms with E-state index in [0.717, 1.165) is 12.1 Å². The van der Waals surface area contributed by atoms with Gasteiger partial charge in [0.2, 0.25) is 5.91 Å². The molecule has 0 fully saturated rings. The van der Waals surface area contributed by atoms with E-state index in [1.54, 1.807) is 4.90 Å². The first-order valence-electron chi connectivity index (χ1n) is 10.2. The van der Waals surface area contributed by atoms with Crippen LogP contribution in [0.2, 0.25) is 0 Å². The Hall–Kier alpha value is -2.67. The molecule has 0 bridgehead atoms. The Labute approximate surface area is 172 Å². The second kappa shape index (κ2) is 8.78. The van der Waals surface area contributed by atoms with Gasteiger partial charge in [0, 0.05) is 24.2 Å². The van der Waals surface area contributed by atoms with Gasteiger partial charge < -0.3 is 10.5 Å². The molecule has 1 aromatic heterocycles. The first-order valence-corrected chi connectivity index (χ1v) is 10.2. The summed E-state index contributed by atoms with van der Waals surface area (Å²) in [6, 6.07) is 9.60. The second-order valence-electron chi connectivity index (χ2n) is 7.96. The summed E-state index contributed by atoms with van der Waals surface area (Å²) in [4.78, 5) is 25.2. The van der Waals surface area contributed by atoms with Gasteiger partial charge in [0.1, 0.15) is 11.6 Å². The number of benzene rings is 1. The van der Waals surface area contributed by atoms with Crippen LogP contribution in [0.4, 0.5) is 11.6 Å². The zero-order valence-corrected chi connectivity index (χ0v) is 18.0. The molecule has 2 aromatic rings. The van der Waals surface area contributed by atoms with E-state index in [2.05, 4.69) is 66.8 Å². The van der Waals surface area contributed by atoms with E-state index in [1.807, 2.05) is 6.92 Å². The summed E-state index contributed by atoms with van der Waals surface area (Å²) < 4.78 is 5.39. The molecular weight excluding hydrogens is 366 g/mol. The molecule has 29 heavy (non-hydrogen) atoms. The Balaban J connectivity index is 1.77. The maximum atomic E-state index is 12.6. The van der Waals surface area contributed by atoms with Crippen molar-refractivity contribution in [2.24, 2.45) is 0 Å². The summed E-state index contributed by atoms with van der Waals surface area (Å²) in [5, 5.41) is 0. The number of rotatable bonds is 8. The summed E-state index contributed by atoms with van der Waals surface area (Å²) in [6.45, 7) is 12.5. The standard InChI is InChI=1S/C22H31N5O2/c1-6-29-22-24-20(23)18-11-19(28)27(21(18)25-22)13-17-9-7-16(8-10-17)12-26(14(2)3)15(4)5/h7-10,14-15H,6,11-13H2,1-5H3,(H2,23,24,25). The van der Waals surface area contributed by atoms with Gasteiger partial charge in [-0.2, -0.15) is 9.97 Å². The summed E-state index contributed by atoms with van der Waals surface area (Å²) >= 11 is 0. The molecule has 0 spiro atoms. The number of carbonyl (C=O) groups is 1. The van der Waals surface area contributed by atoms with E-state index < -0.39 is 0 Å². The van der Waals surface area contributed by atoms with E-state index in [1.165, 1.54) is 5.56 Å². The van der Waals surface area contributed by atoms with Crippen molar-refractivity contribution >= 4 is 17.5 Å². The molecule has 1 amide bonds. The Morgan fingerprint density at radius 1 is 1.10 bits per heavy atom. The van der Waals surface area contributed by atoms with Gasteiger partial charge in [-0.3, -0.25) is 14.6 Å². The Bertz CT molecular complexity index is 856. The number of ether oxygens (including phenoxy) is 1. The van der Waals surface area contributed by atoms with Crippen molar-refractivity contribution in [3.63, 3.8) is 0 Å². The van der Waals surface area contributed by atoms with Crippen LogP contribution >= 0.6 is 0 Å². The Morgan fingerprint density at radius 3 is 2.31 bits per heavy atom. The molecule has 1 aliphatic rings. The molecule has 2 heterocycles. The molecule has 0 saturated carbocycles. The predicted molar refractivity (Wildman–Crippen MR) is 115 cm³/mol. The van der Waals surface area contributed by atoms with Gasteiger partial charge in [-0.15, -0.1) is 0 Å². The number of anilines is 2. The summed E-state index contributed by atoms with van der Waals surface area (Å²) in [6.07, 6.45) is 0.226. The number of nitrogens with two attached hydrogens (primary N) is 1. The molecule has 1 aromatic carbocycles. The van der Waals surface area contributed by atoms with Crippen LogP contribution in [0.25, 0.3) is 0 Å². The minimum absolute atomic E-state index is 0.0236. The molecule has 0 unspecified atom stereocenters. The molecule has 0 atom stereocenters. The van der Waals surface area contributed by atoms with Crippen molar-refractivity contribution in [1.29, 1.82) is 0 Å². The lowest BCUT2D eigenvalue weighted by molar-refractivity contribution is -0.117. The molecule has 156 valence electrons. The molecule has 0 saturated heterocycles. The number of fused-ring (bicyclic) bond motifs is 1. The van der Waals surface area contributed by atoms with E-state index in [-0.39, 0.29) is 18.3 Å². The summed E-state index contributed by atoms with van der Waals surface area (Å²) in [7, 11) is 0. The lowest BCUT2D eigenvalue weighted by atomic mass is 10.1. The summed E-state index contributed by atoms with van der Waals surface area (Å²) in [5.74, 6) is 0.845. The lowest BCUT2D eigenvalue weighted by Gasteiger charge is -2.30. The first-order chi connectivity index (χ1) is 13.8. The van der Waals surface area contributed by atoms with Crippen LogP contribution in [0.3, 0.4) is 0 Å². The zero-order valence-electron chi connectivity index (χ0n) is 18.0. The number of aromatic nitrogens is 2. The third kappa shape index (κ3) is 4.67. The SMILES string of the molecule is CCOc1nc(N)c2c(n1)N(Cc1ccc(CN(C(C)C)C(C)C)cc1)C(=O)C2.